The Morgan fingerprint density at radius 2 is 1.71 bits per heavy atom. The summed E-state index contributed by atoms with van der Waals surface area (Å²) in [7, 11) is -1.88. The Hall–Kier alpha value is -3.41. The first-order valence-corrected chi connectivity index (χ1v) is 14.6. The predicted octanol–water partition coefficient (Wildman–Crippen LogP) is 6.90. The van der Waals surface area contributed by atoms with Gasteiger partial charge >= 0.3 is 12.1 Å². The van der Waals surface area contributed by atoms with Gasteiger partial charge in [-0.3, -0.25) is 9.59 Å². The number of esters is 1. The van der Waals surface area contributed by atoms with Crippen molar-refractivity contribution >= 4 is 50.5 Å². The third-order valence-corrected chi connectivity index (χ3v) is 8.60. The van der Waals surface area contributed by atoms with Crippen LogP contribution in [0.25, 0.3) is 0 Å². The van der Waals surface area contributed by atoms with Gasteiger partial charge in [-0.15, -0.1) is 0 Å². The minimum atomic E-state index is -4.85. The van der Waals surface area contributed by atoms with Crippen molar-refractivity contribution in [2.24, 2.45) is 9.52 Å². The monoisotopic (exact) mass is 626 g/mol. The molecular formula is C28H23Cl2F3N2O5S. The zero-order valence-corrected chi connectivity index (χ0v) is 24.2. The molecule has 3 aromatic rings. The molecule has 0 saturated heterocycles. The summed E-state index contributed by atoms with van der Waals surface area (Å²) >= 11 is 11.9. The Bertz CT molecular complexity index is 1660. The Labute approximate surface area is 244 Å². The molecular weight excluding hydrogens is 604 g/mol. The second-order valence-electron chi connectivity index (χ2n) is 9.41. The summed E-state index contributed by atoms with van der Waals surface area (Å²) < 4.78 is 64.7. The highest BCUT2D eigenvalue weighted by Gasteiger charge is 2.62. The number of hydrogen-bond donors (Lipinski definition) is 0. The predicted molar refractivity (Wildman–Crippen MR) is 149 cm³/mol. The van der Waals surface area contributed by atoms with Gasteiger partial charge < -0.3 is 9.57 Å². The maximum absolute atomic E-state index is 14.3. The zero-order valence-electron chi connectivity index (χ0n) is 21.9. The van der Waals surface area contributed by atoms with E-state index in [1.54, 1.807) is 19.1 Å². The lowest BCUT2D eigenvalue weighted by Gasteiger charge is -2.29. The maximum Gasteiger partial charge on any atom is 0.435 e. The average Bonchev–Trinajstić information content (AvgIpc) is 3.35. The molecule has 0 bridgehead atoms. The van der Waals surface area contributed by atoms with Gasteiger partial charge in [0.1, 0.15) is 0 Å². The first-order chi connectivity index (χ1) is 19.1. The van der Waals surface area contributed by atoms with Crippen LogP contribution >= 0.6 is 23.2 Å². The molecule has 3 aromatic carbocycles. The summed E-state index contributed by atoms with van der Waals surface area (Å²) in [6.07, 6.45) is -4.15. The molecule has 7 nitrogen and oxygen atoms in total. The fourth-order valence-corrected chi connectivity index (χ4v) is 5.97. The van der Waals surface area contributed by atoms with Crippen LogP contribution < -0.4 is 0 Å². The van der Waals surface area contributed by atoms with Crippen molar-refractivity contribution in [1.29, 1.82) is 0 Å². The van der Waals surface area contributed by atoms with Crippen LogP contribution in [0, 0.1) is 6.92 Å². The first-order valence-electron chi connectivity index (χ1n) is 12.0. The molecule has 13 heteroatoms. The van der Waals surface area contributed by atoms with Crippen molar-refractivity contribution in [2.75, 3.05) is 13.4 Å². The highest BCUT2D eigenvalue weighted by Crippen LogP contribution is 2.49. The number of benzene rings is 3. The minimum absolute atomic E-state index is 0.00351. The zero-order chi connectivity index (χ0) is 30.2. The van der Waals surface area contributed by atoms with E-state index in [0.717, 1.165) is 12.1 Å². The molecule has 0 spiro atoms. The molecule has 0 radical (unpaired) electrons. The molecule has 1 aliphatic heterocycles. The Morgan fingerprint density at radius 3 is 2.27 bits per heavy atom. The molecule has 0 aliphatic carbocycles. The van der Waals surface area contributed by atoms with Gasteiger partial charge in [0.2, 0.25) is 0 Å². The smallest absolute Gasteiger partial charge is 0.435 e. The largest absolute Gasteiger partial charge is 0.469 e. The molecule has 4 rings (SSSR count). The lowest BCUT2D eigenvalue weighted by Crippen LogP contribution is -2.42. The number of aryl methyl sites for hydroxylation is 1. The van der Waals surface area contributed by atoms with E-state index in [9.17, 15) is 27.0 Å². The van der Waals surface area contributed by atoms with E-state index < -0.39 is 39.8 Å². The summed E-state index contributed by atoms with van der Waals surface area (Å²) in [5.74, 6) is -1.19. The summed E-state index contributed by atoms with van der Waals surface area (Å²) in [5, 5.41) is 3.76. The number of carbonyl (C=O) groups excluding carboxylic acids is 2. The van der Waals surface area contributed by atoms with Crippen molar-refractivity contribution in [2.45, 2.75) is 36.4 Å². The number of amides is 1. The lowest BCUT2D eigenvalue weighted by atomic mass is 9.86. The highest BCUT2D eigenvalue weighted by atomic mass is 35.5. The van der Waals surface area contributed by atoms with Crippen LogP contribution in [0.15, 0.2) is 75.1 Å². The van der Waals surface area contributed by atoms with Crippen molar-refractivity contribution in [3.63, 3.8) is 0 Å². The minimum Gasteiger partial charge on any atom is -0.469 e. The number of ether oxygens (including phenoxy) is 1. The fraction of sp³-hybridized carbons (Fsp3) is 0.250. The van der Waals surface area contributed by atoms with E-state index in [-0.39, 0.29) is 38.2 Å². The van der Waals surface area contributed by atoms with E-state index in [4.69, 9.17) is 28.0 Å². The lowest BCUT2D eigenvalue weighted by molar-refractivity contribution is -0.275. The van der Waals surface area contributed by atoms with Crippen LogP contribution in [0.4, 0.5) is 13.2 Å². The maximum atomic E-state index is 14.3. The number of hydrogen-bond acceptors (Lipinski definition) is 6. The Morgan fingerprint density at radius 1 is 1.07 bits per heavy atom. The molecule has 1 heterocycles. The molecule has 1 amide bonds. The summed E-state index contributed by atoms with van der Waals surface area (Å²) in [5.41, 5.74) is -1.64. The normalized spacial score (nSPS) is 18.2. The number of halogens is 5. The van der Waals surface area contributed by atoms with Gasteiger partial charge in [0.25, 0.3) is 11.5 Å². The van der Waals surface area contributed by atoms with E-state index in [0.29, 0.717) is 16.7 Å². The van der Waals surface area contributed by atoms with Crippen LogP contribution in [-0.4, -0.2) is 41.3 Å². The van der Waals surface area contributed by atoms with Gasteiger partial charge in [-0.1, -0.05) is 46.6 Å². The number of carbonyl (C=O) groups is 2. The van der Waals surface area contributed by atoms with Gasteiger partial charge in [-0.25, -0.2) is 4.21 Å². The van der Waals surface area contributed by atoms with Gasteiger partial charge in [-0.05, 0) is 66.1 Å². The molecule has 2 unspecified atom stereocenters. The second-order valence-corrected chi connectivity index (χ2v) is 12.5. The second kappa shape index (κ2) is 11.5. The van der Waals surface area contributed by atoms with Gasteiger partial charge in [0.15, 0.2) is 0 Å². The van der Waals surface area contributed by atoms with Gasteiger partial charge in [0.05, 0.1) is 29.0 Å². The molecule has 2 atom stereocenters. The SMILES string of the molecule is COC(=O)Cc1ccc(S(C)(=O)=NC(=O)c2ccc(C3=NOC(c4cc(Cl)cc(Cl)c4)(C(F)(F)F)C3)cc2C)cc1. The molecule has 41 heavy (non-hydrogen) atoms. The van der Waals surface area contributed by atoms with Gasteiger partial charge in [-0.2, -0.15) is 17.5 Å². The van der Waals surface area contributed by atoms with Crippen molar-refractivity contribution in [1.82, 2.24) is 0 Å². The third kappa shape index (κ3) is 6.42. The van der Waals surface area contributed by atoms with Crippen LogP contribution in [0.1, 0.15) is 39.0 Å². The van der Waals surface area contributed by atoms with Crippen molar-refractivity contribution in [3.05, 3.63) is 98.5 Å². The molecule has 0 fully saturated rings. The Balaban J connectivity index is 1.58. The topological polar surface area (TPSA) is 94.4 Å². The number of methoxy groups -OCH3 is 1. The number of rotatable bonds is 6. The van der Waals surface area contributed by atoms with E-state index in [1.165, 1.54) is 49.8 Å². The van der Waals surface area contributed by atoms with Crippen LogP contribution in [0.3, 0.4) is 0 Å². The summed E-state index contributed by atoms with van der Waals surface area (Å²) in [6.45, 7) is 1.58. The average molecular weight is 627 g/mol. The first kappa shape index (κ1) is 30.5. The van der Waals surface area contributed by atoms with E-state index in [2.05, 4.69) is 14.3 Å². The number of oxime groups is 1. The molecule has 1 aliphatic rings. The number of nitrogens with zero attached hydrogens (tertiary/aromatic N) is 2. The fourth-order valence-electron chi connectivity index (χ4n) is 4.29. The molecule has 0 saturated carbocycles. The van der Waals surface area contributed by atoms with Crippen molar-refractivity contribution in [3.8, 4) is 0 Å². The van der Waals surface area contributed by atoms with Crippen molar-refractivity contribution < 1.29 is 36.5 Å². The summed E-state index contributed by atoms with van der Waals surface area (Å²) in [4.78, 5) is 29.8. The summed E-state index contributed by atoms with van der Waals surface area (Å²) in [6, 6.07) is 14.1. The van der Waals surface area contributed by atoms with Crippen LogP contribution in [0.5, 0.6) is 0 Å². The Kier molecular flexibility index (Phi) is 8.54. The van der Waals surface area contributed by atoms with Gasteiger partial charge in [0, 0.05) is 38.7 Å². The quantitative estimate of drug-likeness (QED) is 0.278. The van der Waals surface area contributed by atoms with E-state index >= 15 is 0 Å². The molecule has 0 aromatic heterocycles. The number of alkyl halides is 3. The van der Waals surface area contributed by atoms with Crippen LogP contribution in [0.2, 0.25) is 10.0 Å². The standard InChI is InChI=1S/C28H23Cl2F3N2O5S/c1-16-10-18(24-15-27(40-34-24,28(31,32)33)19-12-20(29)14-21(30)13-19)6-9-23(16)26(37)35-41(3,38)22-7-4-17(5-8-22)11-25(36)39-2/h4-10,12-14H,11,15H2,1-3H3. The molecule has 0 N–H and O–H groups in total. The molecule has 216 valence electrons. The van der Waals surface area contributed by atoms with E-state index in [1.807, 2.05) is 0 Å². The highest BCUT2D eigenvalue weighted by molar-refractivity contribution is 7.93. The van der Waals surface area contributed by atoms with Crippen LogP contribution in [-0.2, 0) is 36.1 Å². The third-order valence-electron chi connectivity index (χ3n) is 6.50.